The van der Waals surface area contributed by atoms with E-state index in [1.54, 1.807) is 0 Å². The summed E-state index contributed by atoms with van der Waals surface area (Å²) in [4.78, 5) is 26.3. The van der Waals surface area contributed by atoms with E-state index < -0.39 is 0 Å². The van der Waals surface area contributed by atoms with Crippen LogP contribution in [-0.2, 0) is 16.0 Å². The maximum absolute atomic E-state index is 12.6. The highest BCUT2D eigenvalue weighted by Gasteiger charge is 2.30. The predicted octanol–water partition coefficient (Wildman–Crippen LogP) is 1.97. The van der Waals surface area contributed by atoms with E-state index >= 15 is 0 Å². The molecule has 2 aliphatic rings. The maximum Gasteiger partial charge on any atom is 0.242 e. The van der Waals surface area contributed by atoms with E-state index in [1.165, 1.54) is 11.1 Å². The van der Waals surface area contributed by atoms with Gasteiger partial charge in [0.15, 0.2) is 0 Å². The van der Waals surface area contributed by atoms with E-state index in [9.17, 15) is 9.59 Å². The fourth-order valence-electron chi connectivity index (χ4n) is 4.34. The molecule has 164 valence electrons. The molecule has 0 aromatic heterocycles. The second-order valence-corrected chi connectivity index (χ2v) is 8.49. The summed E-state index contributed by atoms with van der Waals surface area (Å²) < 4.78 is 0. The van der Waals surface area contributed by atoms with Gasteiger partial charge >= 0.3 is 0 Å². The zero-order valence-electron chi connectivity index (χ0n) is 17.7. The number of hydrazine groups is 1. The third-order valence-electron chi connectivity index (χ3n) is 6.35. The zero-order chi connectivity index (χ0) is 21.6. The van der Waals surface area contributed by atoms with Gasteiger partial charge in [-0.1, -0.05) is 42.5 Å². The van der Waals surface area contributed by atoms with Crippen molar-refractivity contribution in [3.05, 3.63) is 65.7 Å². The minimum absolute atomic E-state index is 0.0315. The number of nitrogens with one attached hydrogen (secondary N) is 3. The lowest BCUT2D eigenvalue weighted by atomic mass is 9.96. The lowest BCUT2D eigenvalue weighted by molar-refractivity contribution is -0.123. The van der Waals surface area contributed by atoms with E-state index in [2.05, 4.69) is 45.3 Å². The van der Waals surface area contributed by atoms with Crippen LogP contribution in [0.15, 0.2) is 54.6 Å². The van der Waals surface area contributed by atoms with Crippen LogP contribution in [0.3, 0.4) is 0 Å². The monoisotopic (exact) mass is 421 g/mol. The third kappa shape index (κ3) is 5.70. The fourth-order valence-corrected chi connectivity index (χ4v) is 4.34. The Labute approximate surface area is 183 Å². The number of hydrogen-bond donors (Lipinski definition) is 4. The molecule has 2 amide bonds. The molecule has 2 aromatic carbocycles. The van der Waals surface area contributed by atoms with Crippen molar-refractivity contribution in [3.63, 3.8) is 0 Å². The number of carbonyl (C=O) groups excluding carboxylic acids is 2. The van der Waals surface area contributed by atoms with Crippen molar-refractivity contribution in [3.8, 4) is 0 Å². The van der Waals surface area contributed by atoms with Gasteiger partial charge in [-0.25, -0.2) is 10.9 Å². The number of nitrogens with two attached hydrogens (primary N) is 1. The average Bonchev–Trinajstić information content (AvgIpc) is 3.30. The summed E-state index contributed by atoms with van der Waals surface area (Å²) in [5.74, 6) is -0.167. The Kier molecular flexibility index (Phi) is 6.96. The molecule has 2 saturated heterocycles. The highest BCUT2D eigenvalue weighted by atomic mass is 16.2. The van der Waals surface area contributed by atoms with Gasteiger partial charge in [0.2, 0.25) is 11.8 Å². The number of amides is 2. The number of piperidine rings is 1. The molecule has 0 bridgehead atoms. The summed E-state index contributed by atoms with van der Waals surface area (Å²) >= 11 is 0. The minimum atomic E-state index is -0.270. The Morgan fingerprint density at radius 3 is 2.39 bits per heavy atom. The van der Waals surface area contributed by atoms with Crippen LogP contribution in [0.5, 0.6) is 0 Å². The normalized spacial score (nSPS) is 22.3. The van der Waals surface area contributed by atoms with Crippen molar-refractivity contribution in [1.29, 1.82) is 0 Å². The molecular weight excluding hydrogens is 390 g/mol. The molecule has 4 rings (SSSR count). The average molecular weight is 422 g/mol. The standard InChI is InChI=1S/C24H31N5O2/c25-23(30)19-11-14-29(15-12-19)13-10-17-6-8-20(9-7-17)26-24(31)22-16-21(27-28-22)18-4-2-1-3-5-18/h1-9,19,21-22,27-28H,10-16H2,(H2,25,30)(H,26,31). The van der Waals surface area contributed by atoms with E-state index in [0.29, 0.717) is 6.42 Å². The number of hydrogen-bond acceptors (Lipinski definition) is 5. The van der Waals surface area contributed by atoms with Gasteiger partial charge in [0.05, 0.1) is 0 Å². The molecule has 2 aromatic rings. The van der Waals surface area contributed by atoms with Gasteiger partial charge in [-0.2, -0.15) is 0 Å². The van der Waals surface area contributed by atoms with Gasteiger partial charge in [-0.15, -0.1) is 0 Å². The van der Waals surface area contributed by atoms with Crippen molar-refractivity contribution < 1.29 is 9.59 Å². The van der Waals surface area contributed by atoms with Crippen molar-refractivity contribution in [2.75, 3.05) is 25.0 Å². The van der Waals surface area contributed by atoms with Crippen molar-refractivity contribution in [2.45, 2.75) is 37.8 Å². The van der Waals surface area contributed by atoms with Crippen molar-refractivity contribution >= 4 is 17.5 Å². The molecule has 31 heavy (non-hydrogen) atoms. The Hall–Kier alpha value is -2.74. The molecule has 2 aliphatic heterocycles. The van der Waals surface area contributed by atoms with E-state index in [-0.39, 0.29) is 29.8 Å². The Morgan fingerprint density at radius 1 is 1.00 bits per heavy atom. The van der Waals surface area contributed by atoms with Gasteiger partial charge in [-0.05, 0) is 62.0 Å². The summed E-state index contributed by atoms with van der Waals surface area (Å²) in [6.45, 7) is 2.82. The Morgan fingerprint density at radius 2 is 1.71 bits per heavy atom. The van der Waals surface area contributed by atoms with Crippen LogP contribution in [0.4, 0.5) is 5.69 Å². The molecule has 0 aliphatic carbocycles. The topological polar surface area (TPSA) is 99.5 Å². The molecule has 5 N–H and O–H groups in total. The predicted molar refractivity (Wildman–Crippen MR) is 121 cm³/mol. The van der Waals surface area contributed by atoms with Gasteiger partial charge in [0, 0.05) is 24.2 Å². The molecule has 7 heteroatoms. The van der Waals surface area contributed by atoms with E-state index in [0.717, 1.165) is 44.6 Å². The summed E-state index contributed by atoms with van der Waals surface area (Å²) in [5, 5.41) is 3.01. The minimum Gasteiger partial charge on any atom is -0.369 e. The number of anilines is 1. The van der Waals surface area contributed by atoms with Crippen LogP contribution in [0, 0.1) is 5.92 Å². The maximum atomic E-state index is 12.6. The molecule has 2 unspecified atom stereocenters. The summed E-state index contributed by atoms with van der Waals surface area (Å²) in [7, 11) is 0. The quantitative estimate of drug-likeness (QED) is 0.548. The summed E-state index contributed by atoms with van der Waals surface area (Å²) in [6.07, 6.45) is 3.37. The van der Waals surface area contributed by atoms with Gasteiger partial charge < -0.3 is 16.0 Å². The molecule has 0 saturated carbocycles. The molecule has 7 nitrogen and oxygen atoms in total. The highest BCUT2D eigenvalue weighted by Crippen LogP contribution is 2.23. The largest absolute Gasteiger partial charge is 0.369 e. The second-order valence-electron chi connectivity index (χ2n) is 8.49. The third-order valence-corrected chi connectivity index (χ3v) is 6.35. The smallest absolute Gasteiger partial charge is 0.242 e. The Balaban J connectivity index is 1.22. The molecule has 2 fully saturated rings. The van der Waals surface area contributed by atoms with Crippen LogP contribution >= 0.6 is 0 Å². The number of rotatable bonds is 7. The van der Waals surface area contributed by atoms with Crippen LogP contribution in [0.1, 0.15) is 36.4 Å². The SMILES string of the molecule is NC(=O)C1CCN(CCc2ccc(NC(=O)C3CC(c4ccccc4)NN3)cc2)CC1. The molecular formula is C24H31N5O2. The number of likely N-dealkylation sites (tertiary alicyclic amines) is 1. The van der Waals surface area contributed by atoms with E-state index in [1.807, 2.05) is 30.3 Å². The first-order valence-electron chi connectivity index (χ1n) is 11.1. The van der Waals surface area contributed by atoms with E-state index in [4.69, 9.17) is 5.73 Å². The van der Waals surface area contributed by atoms with Crippen LogP contribution < -0.4 is 21.9 Å². The number of carbonyl (C=O) groups is 2. The molecule has 2 atom stereocenters. The van der Waals surface area contributed by atoms with Gasteiger partial charge in [0.25, 0.3) is 0 Å². The first-order chi connectivity index (χ1) is 15.1. The van der Waals surface area contributed by atoms with Crippen molar-refractivity contribution in [2.24, 2.45) is 11.7 Å². The zero-order valence-corrected chi connectivity index (χ0v) is 17.7. The van der Waals surface area contributed by atoms with Gasteiger partial charge in [-0.3, -0.25) is 9.59 Å². The summed E-state index contributed by atoms with van der Waals surface area (Å²) in [6, 6.07) is 18.1. The number of primary amides is 1. The highest BCUT2D eigenvalue weighted by molar-refractivity contribution is 5.95. The lowest BCUT2D eigenvalue weighted by Gasteiger charge is -2.30. The number of benzene rings is 2. The Bertz CT molecular complexity index is 879. The molecule has 2 heterocycles. The lowest BCUT2D eigenvalue weighted by Crippen LogP contribution is -2.39. The first-order valence-corrected chi connectivity index (χ1v) is 11.1. The van der Waals surface area contributed by atoms with Crippen LogP contribution in [0.25, 0.3) is 0 Å². The molecule has 0 radical (unpaired) electrons. The fraction of sp³-hybridized carbons (Fsp3) is 0.417. The van der Waals surface area contributed by atoms with Crippen LogP contribution in [0.2, 0.25) is 0 Å². The molecule has 0 spiro atoms. The van der Waals surface area contributed by atoms with Gasteiger partial charge in [0.1, 0.15) is 6.04 Å². The summed E-state index contributed by atoms with van der Waals surface area (Å²) in [5.41, 5.74) is 14.9. The first kappa shape index (κ1) is 21.5. The second kappa shape index (κ2) is 10.0. The number of nitrogens with zero attached hydrogens (tertiary/aromatic N) is 1. The van der Waals surface area contributed by atoms with Crippen molar-refractivity contribution in [1.82, 2.24) is 15.8 Å². The van der Waals surface area contributed by atoms with Crippen LogP contribution in [-0.4, -0.2) is 42.4 Å².